The molecule has 1 aromatic rings. The molecular formula is C23H33NO2. The predicted molar refractivity (Wildman–Crippen MR) is 104 cm³/mol. The van der Waals surface area contributed by atoms with E-state index in [-0.39, 0.29) is 23.3 Å². The first-order valence-corrected chi connectivity index (χ1v) is 10.2. The number of carbonyl (C=O) groups excluding carboxylic acids is 1. The van der Waals surface area contributed by atoms with E-state index in [0.29, 0.717) is 6.42 Å². The molecule has 4 fully saturated rings. The summed E-state index contributed by atoms with van der Waals surface area (Å²) in [6.45, 7) is 5.90. The first-order valence-electron chi connectivity index (χ1n) is 10.2. The smallest absolute Gasteiger partial charge is 0.221 e. The van der Waals surface area contributed by atoms with Gasteiger partial charge in [0.25, 0.3) is 0 Å². The number of amides is 1. The Morgan fingerprint density at radius 2 is 1.77 bits per heavy atom. The fourth-order valence-electron chi connectivity index (χ4n) is 6.71. The van der Waals surface area contributed by atoms with Crippen molar-refractivity contribution in [2.75, 3.05) is 6.61 Å². The van der Waals surface area contributed by atoms with Crippen LogP contribution in [-0.2, 0) is 10.2 Å². The first-order chi connectivity index (χ1) is 12.2. The van der Waals surface area contributed by atoms with Gasteiger partial charge < -0.3 is 10.4 Å². The lowest BCUT2D eigenvalue weighted by molar-refractivity contribution is -0.133. The largest absolute Gasteiger partial charge is 0.394 e. The van der Waals surface area contributed by atoms with Crippen molar-refractivity contribution in [1.29, 1.82) is 0 Å². The summed E-state index contributed by atoms with van der Waals surface area (Å²) in [4.78, 5) is 12.8. The average Bonchev–Trinajstić information content (AvgIpc) is 2.52. The van der Waals surface area contributed by atoms with E-state index in [4.69, 9.17) is 0 Å². The molecule has 4 bridgehead atoms. The molecular weight excluding hydrogens is 322 g/mol. The van der Waals surface area contributed by atoms with E-state index < -0.39 is 5.54 Å². The lowest BCUT2D eigenvalue weighted by Crippen LogP contribution is -2.56. The van der Waals surface area contributed by atoms with E-state index in [1.165, 1.54) is 43.2 Å². The van der Waals surface area contributed by atoms with Crippen LogP contribution in [0.1, 0.15) is 69.9 Å². The van der Waals surface area contributed by atoms with Crippen LogP contribution in [0.5, 0.6) is 0 Å². The molecule has 0 heterocycles. The Morgan fingerprint density at radius 1 is 1.15 bits per heavy atom. The summed E-state index contributed by atoms with van der Waals surface area (Å²) in [7, 11) is 0. The number of aryl methyl sites for hydroxylation is 1. The van der Waals surface area contributed by atoms with Gasteiger partial charge in [-0.05, 0) is 87.5 Å². The van der Waals surface area contributed by atoms with Gasteiger partial charge in [0, 0.05) is 6.42 Å². The number of aliphatic hydroxyl groups excluding tert-OH is 1. The van der Waals surface area contributed by atoms with Crippen molar-refractivity contribution in [2.24, 2.45) is 17.3 Å². The van der Waals surface area contributed by atoms with E-state index >= 15 is 0 Å². The quantitative estimate of drug-likeness (QED) is 0.835. The zero-order chi connectivity index (χ0) is 18.6. The summed E-state index contributed by atoms with van der Waals surface area (Å²) in [6, 6.07) is 9.17. The molecule has 26 heavy (non-hydrogen) atoms. The molecule has 4 aliphatic rings. The molecule has 3 nitrogen and oxygen atoms in total. The number of aliphatic hydroxyl groups is 1. The van der Waals surface area contributed by atoms with Gasteiger partial charge in [0.2, 0.25) is 5.91 Å². The molecule has 142 valence electrons. The minimum atomic E-state index is -0.534. The van der Waals surface area contributed by atoms with Gasteiger partial charge in [-0.25, -0.2) is 0 Å². The van der Waals surface area contributed by atoms with Crippen molar-refractivity contribution in [3.8, 4) is 0 Å². The second kappa shape index (κ2) is 6.09. The molecule has 0 unspecified atom stereocenters. The highest BCUT2D eigenvalue weighted by Gasteiger charge is 2.58. The van der Waals surface area contributed by atoms with Gasteiger partial charge in [0.05, 0.1) is 12.1 Å². The summed E-state index contributed by atoms with van der Waals surface area (Å²) in [5, 5.41) is 12.5. The van der Waals surface area contributed by atoms with Gasteiger partial charge in [-0.2, -0.15) is 0 Å². The number of benzene rings is 1. The normalized spacial score (nSPS) is 35.5. The van der Waals surface area contributed by atoms with E-state index in [2.05, 4.69) is 36.5 Å². The van der Waals surface area contributed by atoms with Gasteiger partial charge in [0.15, 0.2) is 0 Å². The summed E-state index contributed by atoms with van der Waals surface area (Å²) in [5.74, 6) is 1.66. The van der Waals surface area contributed by atoms with Crippen molar-refractivity contribution in [3.05, 3.63) is 35.4 Å². The van der Waals surface area contributed by atoms with Crippen molar-refractivity contribution in [2.45, 2.75) is 76.7 Å². The van der Waals surface area contributed by atoms with E-state index in [1.54, 1.807) is 0 Å². The highest BCUT2D eigenvalue weighted by Crippen LogP contribution is 2.66. The molecule has 1 aromatic carbocycles. The number of carbonyl (C=O) groups is 1. The topological polar surface area (TPSA) is 49.3 Å². The van der Waals surface area contributed by atoms with Gasteiger partial charge in [0.1, 0.15) is 0 Å². The molecule has 2 N–H and O–H groups in total. The Bertz CT molecular complexity index is 677. The fraction of sp³-hybridized carbons (Fsp3) is 0.696. The third-order valence-electron chi connectivity index (χ3n) is 7.25. The number of hydrogen-bond acceptors (Lipinski definition) is 2. The van der Waals surface area contributed by atoms with Crippen molar-refractivity contribution in [3.63, 3.8) is 0 Å². The maximum Gasteiger partial charge on any atom is 0.221 e. The summed E-state index contributed by atoms with van der Waals surface area (Å²) in [5.41, 5.74) is 2.72. The Balaban J connectivity index is 1.58. The number of rotatable bonds is 5. The molecule has 0 aliphatic heterocycles. The highest BCUT2D eigenvalue weighted by atomic mass is 16.3. The molecule has 5 rings (SSSR count). The molecule has 3 heteroatoms. The van der Waals surface area contributed by atoms with Crippen LogP contribution in [0.15, 0.2) is 24.3 Å². The molecule has 0 aromatic heterocycles. The van der Waals surface area contributed by atoms with Crippen molar-refractivity contribution >= 4 is 5.91 Å². The molecule has 4 aliphatic carbocycles. The predicted octanol–water partition coefficient (Wildman–Crippen LogP) is 4.11. The summed E-state index contributed by atoms with van der Waals surface area (Å²) < 4.78 is 0. The maximum atomic E-state index is 12.8. The molecule has 2 atom stereocenters. The van der Waals surface area contributed by atoms with Crippen LogP contribution >= 0.6 is 0 Å². The zero-order valence-corrected chi connectivity index (χ0v) is 16.5. The lowest BCUT2D eigenvalue weighted by Gasteiger charge is -2.62. The molecule has 4 saturated carbocycles. The molecule has 1 amide bonds. The lowest BCUT2D eigenvalue weighted by atomic mass is 9.42. The van der Waals surface area contributed by atoms with Crippen LogP contribution in [0, 0.1) is 24.2 Å². The second-order valence-corrected chi connectivity index (χ2v) is 10.4. The van der Waals surface area contributed by atoms with Crippen LogP contribution in [0.4, 0.5) is 0 Å². The SMILES string of the molecule is Cc1ccc(C23C[C@H]4C[C@@H](CC(CC(=O)NC(C)(C)CO)(C4)C2)C3)cc1. The van der Waals surface area contributed by atoms with Crippen molar-refractivity contribution < 1.29 is 9.90 Å². The van der Waals surface area contributed by atoms with Crippen LogP contribution < -0.4 is 5.32 Å². The van der Waals surface area contributed by atoms with Gasteiger partial charge in [-0.1, -0.05) is 29.8 Å². The molecule has 0 radical (unpaired) electrons. The number of hydrogen-bond donors (Lipinski definition) is 2. The Morgan fingerprint density at radius 3 is 2.35 bits per heavy atom. The molecule has 0 saturated heterocycles. The summed E-state index contributed by atoms with van der Waals surface area (Å²) in [6.07, 6.45) is 8.17. The standard InChI is InChI=1S/C23H33NO2/c1-16-4-6-19(7-5-16)23-11-17-8-18(12-23)10-22(9-17,14-23)13-20(26)24-21(2,3)15-25/h4-7,17-18,25H,8-15H2,1-3H3,(H,24,26)/t17-,18-,22?,23?/m0/s1. The Labute approximate surface area is 157 Å². The zero-order valence-electron chi connectivity index (χ0n) is 16.5. The van der Waals surface area contributed by atoms with Crippen LogP contribution in [-0.4, -0.2) is 23.2 Å². The maximum absolute atomic E-state index is 12.8. The van der Waals surface area contributed by atoms with Crippen LogP contribution in [0.3, 0.4) is 0 Å². The molecule has 0 spiro atoms. The monoisotopic (exact) mass is 355 g/mol. The Hall–Kier alpha value is -1.35. The Kier molecular flexibility index (Phi) is 4.22. The van der Waals surface area contributed by atoms with Crippen molar-refractivity contribution in [1.82, 2.24) is 5.32 Å². The van der Waals surface area contributed by atoms with Gasteiger partial charge in [-0.3, -0.25) is 4.79 Å². The first kappa shape index (κ1) is 18.0. The van der Waals surface area contributed by atoms with E-state index in [0.717, 1.165) is 18.3 Å². The average molecular weight is 356 g/mol. The van der Waals surface area contributed by atoms with Crippen LogP contribution in [0.25, 0.3) is 0 Å². The van der Waals surface area contributed by atoms with Gasteiger partial charge >= 0.3 is 0 Å². The van der Waals surface area contributed by atoms with Crippen LogP contribution in [0.2, 0.25) is 0 Å². The van der Waals surface area contributed by atoms with Gasteiger partial charge in [-0.15, -0.1) is 0 Å². The minimum absolute atomic E-state index is 0.0235. The fourth-order valence-corrected chi connectivity index (χ4v) is 6.71. The minimum Gasteiger partial charge on any atom is -0.394 e. The second-order valence-electron chi connectivity index (χ2n) is 10.4. The number of nitrogens with one attached hydrogen (secondary N) is 1. The van der Waals surface area contributed by atoms with E-state index in [9.17, 15) is 9.90 Å². The highest BCUT2D eigenvalue weighted by molar-refractivity contribution is 5.77. The third-order valence-corrected chi connectivity index (χ3v) is 7.25. The summed E-state index contributed by atoms with van der Waals surface area (Å²) >= 11 is 0. The third kappa shape index (κ3) is 3.19. The van der Waals surface area contributed by atoms with E-state index in [1.807, 2.05) is 13.8 Å².